The standard InChI is InChI=1S/C12H24N2O2/c1-8(10(13)7-9-5-6-9)14-11(15)16-12(2,3)4/h8-10H,5-7,13H2,1-4H3,(H,14,15)/t8-,10+/m0/s1. The van der Waals surface area contributed by atoms with Gasteiger partial charge in [0.05, 0.1) is 0 Å². The minimum Gasteiger partial charge on any atom is -0.444 e. The number of rotatable bonds is 4. The van der Waals surface area contributed by atoms with Crippen molar-refractivity contribution in [1.82, 2.24) is 5.32 Å². The maximum atomic E-state index is 11.5. The average molecular weight is 228 g/mol. The highest BCUT2D eigenvalue weighted by Crippen LogP contribution is 2.33. The van der Waals surface area contributed by atoms with Gasteiger partial charge in [-0.05, 0) is 40.0 Å². The number of nitrogens with two attached hydrogens (primary N) is 1. The Morgan fingerprint density at radius 3 is 2.50 bits per heavy atom. The Hall–Kier alpha value is -0.770. The van der Waals surface area contributed by atoms with Crippen LogP contribution in [0, 0.1) is 5.92 Å². The number of nitrogens with one attached hydrogen (secondary N) is 1. The molecule has 1 saturated carbocycles. The normalized spacial score (nSPS) is 20.1. The molecule has 1 aliphatic rings. The van der Waals surface area contributed by atoms with E-state index >= 15 is 0 Å². The number of carbonyl (C=O) groups excluding carboxylic acids is 1. The summed E-state index contributed by atoms with van der Waals surface area (Å²) in [7, 11) is 0. The molecule has 0 aliphatic heterocycles. The zero-order chi connectivity index (χ0) is 12.3. The highest BCUT2D eigenvalue weighted by Gasteiger charge is 2.27. The molecule has 0 spiro atoms. The van der Waals surface area contributed by atoms with Gasteiger partial charge in [-0.25, -0.2) is 4.79 Å². The minimum absolute atomic E-state index is 0.0278. The SMILES string of the molecule is C[C@H](NC(=O)OC(C)(C)C)[C@H](N)CC1CC1. The Bertz CT molecular complexity index is 244. The van der Waals surface area contributed by atoms with Gasteiger partial charge < -0.3 is 15.8 Å². The molecule has 0 aromatic carbocycles. The lowest BCUT2D eigenvalue weighted by Gasteiger charge is -2.24. The van der Waals surface area contributed by atoms with Crippen LogP contribution in [0.3, 0.4) is 0 Å². The molecule has 1 aliphatic carbocycles. The van der Waals surface area contributed by atoms with Crippen molar-refractivity contribution in [3.63, 3.8) is 0 Å². The first-order valence-corrected chi connectivity index (χ1v) is 6.03. The topological polar surface area (TPSA) is 64.3 Å². The van der Waals surface area contributed by atoms with Gasteiger partial charge in [0.1, 0.15) is 5.60 Å². The molecule has 94 valence electrons. The van der Waals surface area contributed by atoms with E-state index < -0.39 is 5.60 Å². The van der Waals surface area contributed by atoms with E-state index in [0.29, 0.717) is 0 Å². The first kappa shape index (κ1) is 13.3. The van der Waals surface area contributed by atoms with Gasteiger partial charge in [-0.3, -0.25) is 0 Å². The summed E-state index contributed by atoms with van der Waals surface area (Å²) in [6.45, 7) is 7.47. The molecular weight excluding hydrogens is 204 g/mol. The summed E-state index contributed by atoms with van der Waals surface area (Å²) in [4.78, 5) is 11.5. The number of ether oxygens (including phenoxy) is 1. The van der Waals surface area contributed by atoms with Crippen LogP contribution in [0.2, 0.25) is 0 Å². The van der Waals surface area contributed by atoms with Crippen molar-refractivity contribution in [2.45, 2.75) is 64.6 Å². The van der Waals surface area contributed by atoms with Gasteiger partial charge in [0.2, 0.25) is 0 Å². The number of alkyl carbamates (subject to hydrolysis) is 1. The fourth-order valence-corrected chi connectivity index (χ4v) is 1.54. The molecule has 0 aromatic rings. The summed E-state index contributed by atoms with van der Waals surface area (Å²) in [5.74, 6) is 0.776. The van der Waals surface area contributed by atoms with Gasteiger partial charge in [0.25, 0.3) is 0 Å². The molecule has 0 radical (unpaired) electrons. The molecule has 2 atom stereocenters. The van der Waals surface area contributed by atoms with Gasteiger partial charge in [-0.2, -0.15) is 0 Å². The molecule has 1 fully saturated rings. The van der Waals surface area contributed by atoms with Crippen molar-refractivity contribution in [3.05, 3.63) is 0 Å². The lowest BCUT2D eigenvalue weighted by molar-refractivity contribution is 0.0500. The second-order valence-corrected chi connectivity index (χ2v) is 5.78. The van der Waals surface area contributed by atoms with Crippen LogP contribution in [0.5, 0.6) is 0 Å². The molecule has 0 saturated heterocycles. The predicted octanol–water partition coefficient (Wildman–Crippen LogP) is 2.03. The van der Waals surface area contributed by atoms with Crippen LogP contribution < -0.4 is 11.1 Å². The van der Waals surface area contributed by atoms with Crippen molar-refractivity contribution in [2.75, 3.05) is 0 Å². The van der Waals surface area contributed by atoms with E-state index in [4.69, 9.17) is 10.5 Å². The zero-order valence-corrected chi connectivity index (χ0v) is 10.7. The number of carbonyl (C=O) groups is 1. The van der Waals surface area contributed by atoms with Crippen LogP contribution in [0.15, 0.2) is 0 Å². The predicted molar refractivity (Wildman–Crippen MR) is 64.1 cm³/mol. The van der Waals surface area contributed by atoms with Gasteiger partial charge in [-0.1, -0.05) is 12.8 Å². The summed E-state index contributed by atoms with van der Waals surface area (Å²) in [5, 5.41) is 2.78. The van der Waals surface area contributed by atoms with E-state index in [1.54, 1.807) is 0 Å². The van der Waals surface area contributed by atoms with Gasteiger partial charge in [-0.15, -0.1) is 0 Å². The van der Waals surface area contributed by atoms with E-state index in [9.17, 15) is 4.79 Å². The Morgan fingerprint density at radius 2 is 2.06 bits per heavy atom. The zero-order valence-electron chi connectivity index (χ0n) is 10.7. The summed E-state index contributed by atoms with van der Waals surface area (Å²) < 4.78 is 5.17. The summed E-state index contributed by atoms with van der Waals surface area (Å²) in [5.41, 5.74) is 5.55. The van der Waals surface area contributed by atoms with Crippen molar-refractivity contribution in [1.29, 1.82) is 0 Å². The monoisotopic (exact) mass is 228 g/mol. The third kappa shape index (κ3) is 5.35. The van der Waals surface area contributed by atoms with Crippen LogP contribution >= 0.6 is 0 Å². The molecule has 0 unspecified atom stereocenters. The van der Waals surface area contributed by atoms with E-state index in [-0.39, 0.29) is 18.2 Å². The van der Waals surface area contributed by atoms with Crippen molar-refractivity contribution < 1.29 is 9.53 Å². The smallest absolute Gasteiger partial charge is 0.407 e. The third-order valence-corrected chi connectivity index (χ3v) is 2.69. The Morgan fingerprint density at radius 1 is 1.50 bits per heavy atom. The van der Waals surface area contributed by atoms with Crippen molar-refractivity contribution in [3.8, 4) is 0 Å². The number of hydrogen-bond donors (Lipinski definition) is 2. The van der Waals surface area contributed by atoms with Crippen molar-refractivity contribution in [2.24, 2.45) is 11.7 Å². The molecular formula is C12H24N2O2. The Kier molecular flexibility index (Phi) is 4.19. The molecule has 1 rings (SSSR count). The van der Waals surface area contributed by atoms with Gasteiger partial charge in [0, 0.05) is 12.1 Å². The number of amides is 1. The summed E-state index contributed by atoms with van der Waals surface area (Å²) >= 11 is 0. The number of hydrogen-bond acceptors (Lipinski definition) is 3. The molecule has 16 heavy (non-hydrogen) atoms. The third-order valence-electron chi connectivity index (χ3n) is 2.69. The van der Waals surface area contributed by atoms with Gasteiger partial charge >= 0.3 is 6.09 Å². The van der Waals surface area contributed by atoms with Crippen LogP contribution in [-0.2, 0) is 4.74 Å². The fourth-order valence-electron chi connectivity index (χ4n) is 1.54. The average Bonchev–Trinajstić information content (AvgIpc) is 2.83. The van der Waals surface area contributed by atoms with E-state index in [0.717, 1.165) is 12.3 Å². The molecule has 3 N–H and O–H groups in total. The van der Waals surface area contributed by atoms with Crippen molar-refractivity contribution >= 4 is 6.09 Å². The van der Waals surface area contributed by atoms with E-state index in [2.05, 4.69) is 5.32 Å². The van der Waals surface area contributed by atoms with E-state index in [1.807, 2.05) is 27.7 Å². The first-order valence-electron chi connectivity index (χ1n) is 6.03. The highest BCUT2D eigenvalue weighted by atomic mass is 16.6. The summed E-state index contributed by atoms with van der Waals surface area (Å²) in [6.07, 6.45) is 3.18. The maximum absolute atomic E-state index is 11.5. The second-order valence-electron chi connectivity index (χ2n) is 5.78. The fraction of sp³-hybridized carbons (Fsp3) is 0.917. The molecule has 0 heterocycles. The van der Waals surface area contributed by atoms with Crippen LogP contribution in [0.25, 0.3) is 0 Å². The highest BCUT2D eigenvalue weighted by molar-refractivity contribution is 5.68. The quantitative estimate of drug-likeness (QED) is 0.773. The molecule has 1 amide bonds. The molecule has 0 bridgehead atoms. The minimum atomic E-state index is -0.454. The molecule has 4 nitrogen and oxygen atoms in total. The largest absolute Gasteiger partial charge is 0.444 e. The van der Waals surface area contributed by atoms with E-state index in [1.165, 1.54) is 12.8 Å². The molecule has 4 heteroatoms. The second kappa shape index (κ2) is 5.04. The van der Waals surface area contributed by atoms with Crippen LogP contribution in [0.4, 0.5) is 4.79 Å². The lowest BCUT2D eigenvalue weighted by atomic mass is 10.0. The molecule has 0 aromatic heterocycles. The lowest BCUT2D eigenvalue weighted by Crippen LogP contribution is -2.47. The maximum Gasteiger partial charge on any atom is 0.407 e. The Balaban J connectivity index is 2.26. The summed E-state index contributed by atoms with van der Waals surface area (Å²) in [6, 6.07) is -0.00420. The van der Waals surface area contributed by atoms with Crippen LogP contribution in [0.1, 0.15) is 47.0 Å². The Labute approximate surface area is 97.9 Å². The first-order chi connectivity index (χ1) is 7.28. The van der Waals surface area contributed by atoms with Crippen LogP contribution in [-0.4, -0.2) is 23.8 Å². The van der Waals surface area contributed by atoms with Gasteiger partial charge in [0.15, 0.2) is 0 Å².